The van der Waals surface area contributed by atoms with E-state index in [9.17, 15) is 5.11 Å². The van der Waals surface area contributed by atoms with Gasteiger partial charge in [0, 0.05) is 23.7 Å². The number of aryl methyl sites for hydroxylation is 2. The Kier molecular flexibility index (Phi) is 2.56. The first kappa shape index (κ1) is 11.3. The minimum absolute atomic E-state index is 0.385. The second-order valence-corrected chi connectivity index (χ2v) is 6.58. The van der Waals surface area contributed by atoms with Crippen LogP contribution >= 0.6 is 33.9 Å². The normalized spacial score (nSPS) is 11.5. The Morgan fingerprint density at radius 2 is 1.53 bits per heavy atom. The van der Waals surface area contributed by atoms with E-state index >= 15 is 0 Å². The molecule has 3 rings (SSSR count). The second-order valence-electron chi connectivity index (χ2n) is 4.33. The third-order valence-electron chi connectivity index (χ3n) is 3.07. The van der Waals surface area contributed by atoms with Crippen molar-refractivity contribution in [3.63, 3.8) is 0 Å². The highest BCUT2D eigenvalue weighted by Crippen LogP contribution is 2.38. The van der Waals surface area contributed by atoms with Gasteiger partial charge < -0.3 is 5.11 Å². The molecule has 0 fully saturated rings. The first-order valence-corrected chi connectivity index (χ1v) is 7.28. The highest BCUT2D eigenvalue weighted by atomic mass is 127. The molecule has 0 aliphatic heterocycles. The van der Waals surface area contributed by atoms with Crippen molar-refractivity contribution in [2.45, 2.75) is 13.8 Å². The fourth-order valence-corrected chi connectivity index (χ4v) is 3.87. The minimum Gasteiger partial charge on any atom is -0.508 e. The Labute approximate surface area is 117 Å². The van der Waals surface area contributed by atoms with Gasteiger partial charge in [-0.2, -0.15) is 0 Å². The molecule has 0 aliphatic carbocycles. The summed E-state index contributed by atoms with van der Waals surface area (Å²) in [5, 5.41) is 12.3. The molecule has 17 heavy (non-hydrogen) atoms. The molecule has 86 valence electrons. The van der Waals surface area contributed by atoms with Crippen LogP contribution in [-0.2, 0) is 0 Å². The predicted molar refractivity (Wildman–Crippen MR) is 83.2 cm³/mol. The second kappa shape index (κ2) is 3.85. The molecule has 0 atom stereocenters. The maximum atomic E-state index is 9.76. The highest BCUT2D eigenvalue weighted by Gasteiger charge is 2.09. The number of thiophene rings is 1. The van der Waals surface area contributed by atoms with Crippen LogP contribution in [0.5, 0.6) is 5.75 Å². The number of phenols is 1. The SMILES string of the molecule is Cc1cc2c(cc1O)sc1cc(I)c(C)cc12. The number of hydrogen-bond acceptors (Lipinski definition) is 2. The third-order valence-corrected chi connectivity index (χ3v) is 5.35. The first-order chi connectivity index (χ1) is 8.06. The number of hydrogen-bond donors (Lipinski definition) is 1. The summed E-state index contributed by atoms with van der Waals surface area (Å²) in [4.78, 5) is 0. The molecule has 1 N–H and O–H groups in total. The Morgan fingerprint density at radius 3 is 2.24 bits per heavy atom. The number of fused-ring (bicyclic) bond motifs is 3. The number of phenolic OH excluding ortho intramolecular Hbond substituents is 1. The summed E-state index contributed by atoms with van der Waals surface area (Å²) in [5.74, 6) is 0.385. The lowest BCUT2D eigenvalue weighted by Gasteiger charge is -2.00. The third kappa shape index (κ3) is 1.72. The summed E-state index contributed by atoms with van der Waals surface area (Å²) in [7, 11) is 0. The van der Waals surface area contributed by atoms with E-state index in [1.165, 1.54) is 24.6 Å². The standard InChI is InChI=1S/C14H11IOS/c1-7-3-9-10-4-8(2)12(16)6-14(10)17-13(9)5-11(7)15/h3-6,16H,1-2H3. The fourth-order valence-electron chi connectivity index (χ4n) is 2.05. The van der Waals surface area contributed by atoms with E-state index in [1.54, 1.807) is 11.3 Å². The maximum Gasteiger partial charge on any atom is 0.119 e. The Hall–Kier alpha value is -0.810. The van der Waals surface area contributed by atoms with Crippen molar-refractivity contribution < 1.29 is 5.11 Å². The average Bonchev–Trinajstić information content (AvgIpc) is 2.58. The molecule has 0 spiro atoms. The molecule has 0 bridgehead atoms. The molecule has 0 amide bonds. The number of halogens is 1. The van der Waals surface area contributed by atoms with Crippen molar-refractivity contribution in [2.24, 2.45) is 0 Å². The van der Waals surface area contributed by atoms with Crippen LogP contribution in [0.1, 0.15) is 11.1 Å². The van der Waals surface area contributed by atoms with Crippen LogP contribution < -0.4 is 0 Å². The van der Waals surface area contributed by atoms with Gasteiger partial charge in [0.2, 0.25) is 0 Å². The summed E-state index contributed by atoms with van der Waals surface area (Å²) in [6.07, 6.45) is 0. The largest absolute Gasteiger partial charge is 0.508 e. The summed E-state index contributed by atoms with van der Waals surface area (Å²) in [6.45, 7) is 4.08. The minimum atomic E-state index is 0.385. The van der Waals surface area contributed by atoms with Gasteiger partial charge in [0.05, 0.1) is 0 Å². The van der Waals surface area contributed by atoms with Crippen LogP contribution in [0, 0.1) is 17.4 Å². The number of rotatable bonds is 0. The smallest absolute Gasteiger partial charge is 0.119 e. The van der Waals surface area contributed by atoms with Gasteiger partial charge in [-0.15, -0.1) is 11.3 Å². The quantitative estimate of drug-likeness (QED) is 0.565. The van der Waals surface area contributed by atoms with Crippen molar-refractivity contribution in [2.75, 3.05) is 0 Å². The summed E-state index contributed by atoms with van der Waals surface area (Å²) in [5.41, 5.74) is 2.25. The summed E-state index contributed by atoms with van der Waals surface area (Å²) in [6, 6.07) is 8.42. The van der Waals surface area contributed by atoms with Crippen LogP contribution in [0.3, 0.4) is 0 Å². The first-order valence-electron chi connectivity index (χ1n) is 5.38. The van der Waals surface area contributed by atoms with Crippen LogP contribution in [0.15, 0.2) is 24.3 Å². The summed E-state index contributed by atoms with van der Waals surface area (Å²) < 4.78 is 3.74. The Morgan fingerprint density at radius 1 is 0.941 bits per heavy atom. The van der Waals surface area contributed by atoms with Crippen LogP contribution in [0.25, 0.3) is 20.2 Å². The summed E-state index contributed by atoms with van der Waals surface area (Å²) >= 11 is 4.11. The number of aromatic hydroxyl groups is 1. The molecule has 0 saturated heterocycles. The van der Waals surface area contributed by atoms with Gasteiger partial charge in [0.1, 0.15) is 5.75 Å². The maximum absolute atomic E-state index is 9.76. The zero-order chi connectivity index (χ0) is 12.2. The van der Waals surface area contributed by atoms with Gasteiger partial charge in [0.25, 0.3) is 0 Å². The van der Waals surface area contributed by atoms with Crippen molar-refractivity contribution >= 4 is 54.1 Å². The molecule has 3 heteroatoms. The molecule has 0 aliphatic rings. The van der Waals surface area contributed by atoms with Crippen molar-refractivity contribution in [3.8, 4) is 5.75 Å². The molecule has 0 radical (unpaired) electrons. The van der Waals surface area contributed by atoms with E-state index in [0.717, 1.165) is 10.3 Å². The monoisotopic (exact) mass is 354 g/mol. The molecule has 0 unspecified atom stereocenters. The molecule has 2 aromatic carbocycles. The molecule has 0 saturated carbocycles. The molecule has 3 aromatic rings. The number of benzene rings is 2. The van der Waals surface area contributed by atoms with E-state index in [-0.39, 0.29) is 0 Å². The fraction of sp³-hybridized carbons (Fsp3) is 0.143. The van der Waals surface area contributed by atoms with E-state index in [4.69, 9.17) is 0 Å². The molecular formula is C14H11IOS. The molecule has 1 nitrogen and oxygen atoms in total. The predicted octanol–water partition coefficient (Wildman–Crippen LogP) is 4.98. The molecule has 1 aromatic heterocycles. The lowest BCUT2D eigenvalue weighted by molar-refractivity contribution is 0.472. The topological polar surface area (TPSA) is 20.2 Å². The average molecular weight is 354 g/mol. The zero-order valence-electron chi connectivity index (χ0n) is 9.54. The zero-order valence-corrected chi connectivity index (χ0v) is 12.5. The Bertz CT molecular complexity index is 681. The van der Waals surface area contributed by atoms with E-state index in [2.05, 4.69) is 47.7 Å². The highest BCUT2D eigenvalue weighted by molar-refractivity contribution is 14.1. The van der Waals surface area contributed by atoms with Gasteiger partial charge in [-0.05, 0) is 71.8 Å². The lowest BCUT2D eigenvalue weighted by Crippen LogP contribution is -1.78. The van der Waals surface area contributed by atoms with Crippen molar-refractivity contribution in [3.05, 3.63) is 39.0 Å². The van der Waals surface area contributed by atoms with Crippen molar-refractivity contribution in [1.82, 2.24) is 0 Å². The Balaban J connectivity index is 2.51. The molecule has 1 heterocycles. The van der Waals surface area contributed by atoms with Crippen LogP contribution in [0.2, 0.25) is 0 Å². The molecular weight excluding hydrogens is 343 g/mol. The van der Waals surface area contributed by atoms with E-state index in [1.807, 2.05) is 13.0 Å². The van der Waals surface area contributed by atoms with Gasteiger partial charge >= 0.3 is 0 Å². The van der Waals surface area contributed by atoms with E-state index < -0.39 is 0 Å². The lowest BCUT2D eigenvalue weighted by atomic mass is 10.1. The van der Waals surface area contributed by atoms with E-state index in [0.29, 0.717) is 5.75 Å². The van der Waals surface area contributed by atoms with Gasteiger partial charge in [-0.25, -0.2) is 0 Å². The van der Waals surface area contributed by atoms with Gasteiger partial charge in [-0.1, -0.05) is 0 Å². The van der Waals surface area contributed by atoms with Crippen molar-refractivity contribution in [1.29, 1.82) is 0 Å². The van der Waals surface area contributed by atoms with Crippen LogP contribution in [0.4, 0.5) is 0 Å². The van der Waals surface area contributed by atoms with Gasteiger partial charge in [0.15, 0.2) is 0 Å². The van der Waals surface area contributed by atoms with Crippen LogP contribution in [-0.4, -0.2) is 5.11 Å². The van der Waals surface area contributed by atoms with Gasteiger partial charge in [-0.3, -0.25) is 0 Å².